The fourth-order valence-corrected chi connectivity index (χ4v) is 3.40. The van der Waals surface area contributed by atoms with Crippen LogP contribution in [-0.2, 0) is 0 Å². The lowest BCUT2D eigenvalue weighted by atomic mass is 10.2. The van der Waals surface area contributed by atoms with Gasteiger partial charge in [0.15, 0.2) is 6.17 Å². The van der Waals surface area contributed by atoms with Gasteiger partial charge in [-0.1, -0.05) is 29.3 Å². The summed E-state index contributed by atoms with van der Waals surface area (Å²) >= 11 is 6.24. The molecule has 140 valence electrons. The van der Waals surface area contributed by atoms with E-state index in [2.05, 4.69) is 10.3 Å². The summed E-state index contributed by atoms with van der Waals surface area (Å²) in [5.74, 6) is -0.178. The maximum absolute atomic E-state index is 13.0. The minimum atomic E-state index is -0.592. The van der Waals surface area contributed by atoms with Crippen LogP contribution in [0.25, 0.3) is 0 Å². The number of nitro benzene ring substituents is 1. The second-order valence-corrected chi connectivity index (χ2v) is 6.82. The van der Waals surface area contributed by atoms with Crippen LogP contribution in [0.3, 0.4) is 0 Å². The van der Waals surface area contributed by atoms with Gasteiger partial charge in [0.2, 0.25) is 0 Å². The quantitative estimate of drug-likeness (QED) is 0.510. The molecule has 7 nitrogen and oxygen atoms in total. The van der Waals surface area contributed by atoms with Gasteiger partial charge in [-0.2, -0.15) is 0 Å². The highest BCUT2D eigenvalue weighted by Gasteiger charge is 2.39. The molecule has 28 heavy (non-hydrogen) atoms. The molecule has 0 unspecified atom stereocenters. The van der Waals surface area contributed by atoms with E-state index < -0.39 is 11.1 Å². The van der Waals surface area contributed by atoms with Crippen LogP contribution in [0.2, 0.25) is 5.02 Å². The van der Waals surface area contributed by atoms with Crippen LogP contribution >= 0.6 is 11.6 Å². The first-order valence-electron chi connectivity index (χ1n) is 8.51. The van der Waals surface area contributed by atoms with Gasteiger partial charge in [0, 0.05) is 24.0 Å². The van der Waals surface area contributed by atoms with Gasteiger partial charge in [0.05, 0.1) is 26.9 Å². The maximum atomic E-state index is 13.0. The second kappa shape index (κ2) is 6.94. The number of fused-ring (bicyclic) bond motifs is 1. The van der Waals surface area contributed by atoms with Crippen LogP contribution in [0.15, 0.2) is 60.8 Å². The summed E-state index contributed by atoms with van der Waals surface area (Å²) in [7, 11) is 0. The third-order valence-electron chi connectivity index (χ3n) is 4.57. The molecule has 3 aromatic rings. The number of aromatic nitrogens is 1. The Morgan fingerprint density at radius 1 is 1.18 bits per heavy atom. The number of carbonyl (C=O) groups excluding carboxylic acids is 1. The Morgan fingerprint density at radius 2 is 1.93 bits per heavy atom. The van der Waals surface area contributed by atoms with Gasteiger partial charge in [-0.05, 0) is 37.3 Å². The number of non-ortho nitro benzene ring substituents is 1. The van der Waals surface area contributed by atoms with Gasteiger partial charge in [-0.25, -0.2) is 0 Å². The molecule has 0 spiro atoms. The number of benzene rings is 2. The molecular weight excluding hydrogens is 380 g/mol. The molecule has 0 saturated carbocycles. The standard InChI is InChI=1S/C20H15ClN4O3/c1-12-4-6-13(7-5-12)24-19(18-15(20(24)26)3-2-10-22-18)23-17-9-8-14(25(27)28)11-16(17)21/h2-11,19,23H,1H3/t19-/m1/s1. The van der Waals surface area contributed by atoms with Crippen molar-refractivity contribution < 1.29 is 9.72 Å². The molecule has 1 amide bonds. The maximum Gasteiger partial charge on any atom is 0.271 e. The molecule has 1 N–H and O–H groups in total. The number of pyridine rings is 1. The van der Waals surface area contributed by atoms with Gasteiger partial charge in [0.1, 0.15) is 0 Å². The first-order valence-corrected chi connectivity index (χ1v) is 8.89. The normalized spacial score (nSPS) is 15.4. The third kappa shape index (κ3) is 3.05. The zero-order valence-corrected chi connectivity index (χ0v) is 15.6. The topological polar surface area (TPSA) is 88.4 Å². The molecule has 2 aromatic carbocycles. The minimum absolute atomic E-state index is 0.105. The molecule has 0 aliphatic carbocycles. The Bertz CT molecular complexity index is 1090. The Labute approximate surface area is 165 Å². The van der Waals surface area contributed by atoms with E-state index in [1.54, 1.807) is 23.2 Å². The van der Waals surface area contributed by atoms with Crippen molar-refractivity contribution in [3.8, 4) is 0 Å². The van der Waals surface area contributed by atoms with Crippen molar-refractivity contribution in [1.82, 2.24) is 4.98 Å². The second-order valence-electron chi connectivity index (χ2n) is 6.42. The van der Waals surface area contributed by atoms with Crippen molar-refractivity contribution in [3.05, 3.63) is 92.8 Å². The molecule has 1 aliphatic rings. The van der Waals surface area contributed by atoms with Crippen molar-refractivity contribution in [1.29, 1.82) is 0 Å². The van der Waals surface area contributed by atoms with Crippen LogP contribution in [0.4, 0.5) is 17.1 Å². The largest absolute Gasteiger partial charge is 0.359 e. The monoisotopic (exact) mass is 394 g/mol. The van der Waals surface area contributed by atoms with Crippen molar-refractivity contribution in [2.75, 3.05) is 10.2 Å². The molecule has 1 atom stereocenters. The van der Waals surface area contributed by atoms with E-state index in [-0.39, 0.29) is 16.6 Å². The summed E-state index contributed by atoms with van der Waals surface area (Å²) in [6, 6.07) is 15.2. The summed E-state index contributed by atoms with van der Waals surface area (Å²) in [6.45, 7) is 1.97. The number of nitrogens with zero attached hydrogens (tertiary/aromatic N) is 3. The van der Waals surface area contributed by atoms with Crippen molar-refractivity contribution in [2.24, 2.45) is 0 Å². The fourth-order valence-electron chi connectivity index (χ4n) is 3.17. The number of amides is 1. The summed E-state index contributed by atoms with van der Waals surface area (Å²) < 4.78 is 0. The van der Waals surface area contributed by atoms with Crippen molar-refractivity contribution in [2.45, 2.75) is 13.1 Å². The lowest BCUT2D eigenvalue weighted by Crippen LogP contribution is -2.32. The molecule has 0 radical (unpaired) electrons. The Morgan fingerprint density at radius 3 is 2.61 bits per heavy atom. The highest BCUT2D eigenvalue weighted by Crippen LogP contribution is 2.38. The Kier molecular flexibility index (Phi) is 4.44. The van der Waals surface area contributed by atoms with Crippen molar-refractivity contribution in [3.63, 3.8) is 0 Å². The fraction of sp³-hybridized carbons (Fsp3) is 0.100. The number of hydrogen-bond donors (Lipinski definition) is 1. The van der Waals surface area contributed by atoms with E-state index in [1.807, 2.05) is 31.2 Å². The number of aryl methyl sites for hydroxylation is 1. The number of nitro groups is 1. The summed E-state index contributed by atoms with van der Waals surface area (Å²) in [5.41, 5.74) is 3.23. The SMILES string of the molecule is Cc1ccc(N2C(=O)c3cccnc3[C@@H]2Nc2ccc([N+](=O)[O-])cc2Cl)cc1. The summed E-state index contributed by atoms with van der Waals surface area (Å²) in [5, 5.41) is 14.3. The van der Waals surface area contributed by atoms with Crippen LogP contribution < -0.4 is 10.2 Å². The van der Waals surface area contributed by atoms with E-state index in [0.717, 1.165) is 5.56 Å². The van der Waals surface area contributed by atoms with E-state index in [9.17, 15) is 14.9 Å². The molecular formula is C20H15ClN4O3. The molecule has 0 bridgehead atoms. The molecule has 1 aliphatic heterocycles. The van der Waals surface area contributed by atoms with E-state index in [4.69, 9.17) is 11.6 Å². The minimum Gasteiger partial charge on any atom is -0.359 e. The highest BCUT2D eigenvalue weighted by atomic mass is 35.5. The Hall–Kier alpha value is -3.45. The summed E-state index contributed by atoms with van der Waals surface area (Å²) in [6.07, 6.45) is 1.03. The van der Waals surface area contributed by atoms with Crippen LogP contribution in [0.5, 0.6) is 0 Å². The predicted octanol–water partition coefficient (Wildman–Crippen LogP) is 4.72. The average Bonchev–Trinajstić information content (AvgIpc) is 2.96. The first kappa shape index (κ1) is 17.9. The lowest BCUT2D eigenvalue weighted by molar-refractivity contribution is -0.384. The number of rotatable bonds is 4. The van der Waals surface area contributed by atoms with E-state index >= 15 is 0 Å². The smallest absolute Gasteiger partial charge is 0.271 e. The Balaban J connectivity index is 1.76. The summed E-state index contributed by atoms with van der Waals surface area (Å²) in [4.78, 5) is 29.5. The first-order chi connectivity index (χ1) is 13.5. The zero-order valence-electron chi connectivity index (χ0n) is 14.8. The predicted molar refractivity (Wildman–Crippen MR) is 107 cm³/mol. The van der Waals surface area contributed by atoms with Crippen LogP contribution in [-0.4, -0.2) is 15.8 Å². The van der Waals surface area contributed by atoms with E-state index in [1.165, 1.54) is 18.2 Å². The average molecular weight is 395 g/mol. The number of carbonyl (C=O) groups is 1. The molecule has 0 saturated heterocycles. The van der Waals surface area contributed by atoms with Gasteiger partial charge in [0.25, 0.3) is 11.6 Å². The molecule has 1 aromatic heterocycles. The lowest BCUT2D eigenvalue weighted by Gasteiger charge is -2.27. The third-order valence-corrected chi connectivity index (χ3v) is 4.89. The molecule has 8 heteroatoms. The molecule has 4 rings (SSSR count). The van der Waals surface area contributed by atoms with Gasteiger partial charge in [-0.15, -0.1) is 0 Å². The van der Waals surface area contributed by atoms with Crippen LogP contribution in [0, 0.1) is 17.0 Å². The van der Waals surface area contributed by atoms with Gasteiger partial charge >= 0.3 is 0 Å². The number of anilines is 2. The number of hydrogen-bond acceptors (Lipinski definition) is 5. The number of nitrogens with one attached hydrogen (secondary N) is 1. The zero-order chi connectivity index (χ0) is 19.8. The van der Waals surface area contributed by atoms with E-state index in [0.29, 0.717) is 22.6 Å². The van der Waals surface area contributed by atoms with Gasteiger partial charge in [-0.3, -0.25) is 24.8 Å². The van der Waals surface area contributed by atoms with Crippen LogP contribution in [0.1, 0.15) is 27.8 Å². The molecule has 2 heterocycles. The highest BCUT2D eigenvalue weighted by molar-refractivity contribution is 6.33. The number of halogens is 1. The van der Waals surface area contributed by atoms with Crippen molar-refractivity contribution >= 4 is 34.6 Å². The molecule has 0 fully saturated rings. The van der Waals surface area contributed by atoms with Gasteiger partial charge < -0.3 is 5.32 Å².